The minimum atomic E-state index is -3.84. The van der Waals surface area contributed by atoms with Crippen molar-refractivity contribution in [1.29, 1.82) is 0 Å². The molecule has 0 atom stereocenters. The van der Waals surface area contributed by atoms with Crippen LogP contribution in [-0.4, -0.2) is 23.6 Å². The van der Waals surface area contributed by atoms with Crippen molar-refractivity contribution in [3.8, 4) is 0 Å². The fraction of sp³-hybridized carbons (Fsp3) is 0.240. The van der Waals surface area contributed by atoms with Crippen LogP contribution in [0.3, 0.4) is 0 Å². The van der Waals surface area contributed by atoms with Crippen LogP contribution in [0, 0.1) is 6.92 Å². The number of aryl methyl sites for hydroxylation is 1. The lowest BCUT2D eigenvalue weighted by molar-refractivity contribution is 0.568. The molecule has 4 aromatic rings. The van der Waals surface area contributed by atoms with Gasteiger partial charge in [-0.2, -0.15) is 12.5 Å². The summed E-state index contributed by atoms with van der Waals surface area (Å²) in [5.41, 5.74) is 2.21. The molecule has 5 nitrogen and oxygen atoms in total. The van der Waals surface area contributed by atoms with Gasteiger partial charge in [0, 0.05) is 27.8 Å². The molecule has 0 saturated heterocycles. The highest BCUT2D eigenvalue weighted by Gasteiger charge is 2.41. The predicted molar refractivity (Wildman–Crippen MR) is 135 cm³/mol. The van der Waals surface area contributed by atoms with Gasteiger partial charge in [0.1, 0.15) is 0 Å². The third-order valence-electron chi connectivity index (χ3n) is 6.35. The number of rotatable bonds is 6. The first-order valence-electron chi connectivity index (χ1n) is 11.0. The molecule has 1 N–H and O–H groups in total. The lowest BCUT2D eigenvalue weighted by Gasteiger charge is -2.32. The Kier molecular flexibility index (Phi) is 4.87. The van der Waals surface area contributed by atoms with Gasteiger partial charge in [0.05, 0.1) is 16.0 Å². The minimum Gasteiger partial charge on any atom is -0.365 e. The Morgan fingerprint density at radius 3 is 2.27 bits per heavy atom. The highest BCUT2D eigenvalue weighted by Crippen LogP contribution is 2.47. The molecule has 1 saturated carbocycles. The van der Waals surface area contributed by atoms with E-state index in [0.29, 0.717) is 18.3 Å². The van der Waals surface area contributed by atoms with Gasteiger partial charge in [0.15, 0.2) is 5.82 Å². The minimum absolute atomic E-state index is 0.253. The fourth-order valence-corrected chi connectivity index (χ4v) is 7.62. The first-order valence-corrected chi connectivity index (χ1v) is 14.2. The Balaban J connectivity index is 1.54. The highest BCUT2D eigenvalue weighted by molar-refractivity contribution is 7.89. The fourth-order valence-electron chi connectivity index (χ4n) is 4.39. The molecule has 0 radical (unpaired) electrons. The van der Waals surface area contributed by atoms with E-state index < -0.39 is 15.4 Å². The molecule has 1 aromatic carbocycles. The summed E-state index contributed by atoms with van der Waals surface area (Å²) in [7, 11) is -3.84. The number of hydrogen-bond donors (Lipinski definition) is 1. The Morgan fingerprint density at radius 2 is 1.70 bits per heavy atom. The van der Waals surface area contributed by atoms with Gasteiger partial charge < -0.3 is 5.32 Å². The van der Waals surface area contributed by atoms with E-state index in [1.807, 2.05) is 19.1 Å². The number of benzene rings is 1. The van der Waals surface area contributed by atoms with E-state index in [2.05, 4.69) is 57.6 Å². The van der Waals surface area contributed by atoms with Crippen LogP contribution in [0.25, 0.3) is 6.08 Å². The molecule has 8 heteroatoms. The Hall–Kier alpha value is -2.68. The maximum atomic E-state index is 13.8. The second kappa shape index (κ2) is 7.68. The van der Waals surface area contributed by atoms with Crippen molar-refractivity contribution in [2.45, 2.75) is 42.5 Å². The maximum absolute atomic E-state index is 13.8. The number of hydrogen-bond acceptors (Lipinski definition) is 6. The highest BCUT2D eigenvalue weighted by atomic mass is 32.2. The maximum Gasteiger partial charge on any atom is 0.283 e. The number of aromatic nitrogens is 2. The molecule has 2 aliphatic rings. The van der Waals surface area contributed by atoms with Crippen LogP contribution >= 0.6 is 22.7 Å². The van der Waals surface area contributed by atoms with Crippen LogP contribution in [0.5, 0.6) is 0 Å². The predicted octanol–water partition coefficient (Wildman–Crippen LogP) is 5.68. The summed E-state index contributed by atoms with van der Waals surface area (Å²) in [6, 6.07) is 15.7. The van der Waals surface area contributed by atoms with Gasteiger partial charge in [-0.3, -0.25) is 0 Å². The van der Waals surface area contributed by atoms with Gasteiger partial charge >= 0.3 is 0 Å². The molecule has 0 aliphatic heterocycles. The lowest BCUT2D eigenvalue weighted by Crippen LogP contribution is -2.31. The summed E-state index contributed by atoms with van der Waals surface area (Å²) in [6.07, 6.45) is 7.01. The van der Waals surface area contributed by atoms with E-state index >= 15 is 0 Å². The van der Waals surface area contributed by atoms with Gasteiger partial charge in [0.2, 0.25) is 0 Å². The molecule has 33 heavy (non-hydrogen) atoms. The van der Waals surface area contributed by atoms with Gasteiger partial charge in [-0.15, -0.1) is 27.8 Å². The summed E-state index contributed by atoms with van der Waals surface area (Å²) in [6.45, 7) is 1.95. The quantitative estimate of drug-likeness (QED) is 0.375. The molecule has 0 bridgehead atoms. The zero-order valence-corrected chi connectivity index (χ0v) is 20.5. The Labute approximate surface area is 201 Å². The largest absolute Gasteiger partial charge is 0.365 e. The first kappa shape index (κ1) is 20.9. The van der Waals surface area contributed by atoms with Crippen LogP contribution in [0.15, 0.2) is 70.3 Å². The van der Waals surface area contributed by atoms with Crippen molar-refractivity contribution in [3.05, 3.63) is 91.9 Å². The first-order chi connectivity index (χ1) is 16.0. The SMILES string of the molecule is Cc1ccc(S(=O)(=O)n2nc(NC3CC3)c3c2CC(c2cccs2)(c2cccs2)C=C3)cc1. The molecule has 2 aliphatic carbocycles. The van der Waals surface area contributed by atoms with Crippen LogP contribution in [0.2, 0.25) is 0 Å². The molecule has 3 heterocycles. The second-order valence-corrected chi connectivity index (χ2v) is 12.4. The summed E-state index contributed by atoms with van der Waals surface area (Å²) in [4.78, 5) is 2.65. The van der Waals surface area contributed by atoms with Crippen LogP contribution < -0.4 is 5.32 Å². The number of allylic oxidation sites excluding steroid dienone is 1. The van der Waals surface area contributed by atoms with Gasteiger partial charge in [-0.1, -0.05) is 42.0 Å². The molecular weight excluding hydrogens is 470 g/mol. The summed E-state index contributed by atoms with van der Waals surface area (Å²) in [5.74, 6) is 0.658. The van der Waals surface area contributed by atoms with E-state index in [1.54, 1.807) is 34.8 Å². The Morgan fingerprint density at radius 1 is 1.03 bits per heavy atom. The van der Waals surface area contributed by atoms with Crippen molar-refractivity contribution in [2.75, 3.05) is 5.32 Å². The van der Waals surface area contributed by atoms with E-state index in [9.17, 15) is 8.42 Å². The average molecular weight is 494 g/mol. The van der Waals surface area contributed by atoms with Crippen molar-refractivity contribution in [2.24, 2.45) is 0 Å². The molecule has 168 valence electrons. The van der Waals surface area contributed by atoms with E-state index in [1.165, 1.54) is 13.8 Å². The number of thiophene rings is 2. The molecule has 6 rings (SSSR count). The van der Waals surface area contributed by atoms with Crippen LogP contribution in [-0.2, 0) is 21.9 Å². The van der Waals surface area contributed by atoms with Crippen LogP contribution in [0.4, 0.5) is 5.82 Å². The third-order valence-corrected chi connectivity index (χ3v) is 10.1. The standard InChI is InChI=1S/C25H23N3O2S3/c1-17-6-10-19(11-7-17)33(29,30)28-21-16-25(22-4-2-14-31-22,23-5-3-15-32-23)13-12-20(21)24(27-28)26-18-8-9-18/h2-7,10-15,18H,8-9,16H2,1H3,(H,26,27). The van der Waals surface area contributed by atoms with Crippen molar-refractivity contribution in [3.63, 3.8) is 0 Å². The van der Waals surface area contributed by atoms with E-state index in [4.69, 9.17) is 0 Å². The lowest BCUT2D eigenvalue weighted by atomic mass is 9.76. The topological polar surface area (TPSA) is 64.0 Å². The molecular formula is C25H23N3O2S3. The summed E-state index contributed by atoms with van der Waals surface area (Å²) >= 11 is 3.40. The van der Waals surface area contributed by atoms with E-state index in [0.717, 1.165) is 29.7 Å². The second-order valence-electron chi connectivity index (χ2n) is 8.72. The molecule has 0 amide bonds. The van der Waals surface area contributed by atoms with Crippen molar-refractivity contribution < 1.29 is 8.42 Å². The van der Waals surface area contributed by atoms with Crippen LogP contribution in [0.1, 0.15) is 39.4 Å². The zero-order valence-electron chi connectivity index (χ0n) is 18.1. The molecule has 3 aromatic heterocycles. The summed E-state index contributed by atoms with van der Waals surface area (Å²) in [5, 5.41) is 12.3. The smallest absolute Gasteiger partial charge is 0.283 e. The van der Waals surface area contributed by atoms with Gasteiger partial charge in [-0.25, -0.2) is 0 Å². The monoisotopic (exact) mass is 493 g/mol. The van der Waals surface area contributed by atoms with Gasteiger partial charge in [-0.05, 0) is 54.8 Å². The number of nitrogens with zero attached hydrogens (tertiary/aromatic N) is 2. The zero-order chi connectivity index (χ0) is 22.6. The van der Waals surface area contributed by atoms with Crippen molar-refractivity contribution in [1.82, 2.24) is 9.19 Å². The van der Waals surface area contributed by atoms with E-state index in [-0.39, 0.29) is 4.90 Å². The Bertz CT molecular complexity index is 1390. The molecule has 0 unspecified atom stereocenters. The number of fused-ring (bicyclic) bond motifs is 1. The number of nitrogens with one attached hydrogen (secondary N) is 1. The normalized spacial score (nSPS) is 17.1. The van der Waals surface area contributed by atoms with Gasteiger partial charge in [0.25, 0.3) is 10.0 Å². The average Bonchev–Trinajstić information content (AvgIpc) is 3.22. The number of anilines is 1. The molecule has 0 spiro atoms. The summed E-state index contributed by atoms with van der Waals surface area (Å²) < 4.78 is 28.8. The van der Waals surface area contributed by atoms with Crippen molar-refractivity contribution >= 4 is 44.6 Å². The third kappa shape index (κ3) is 3.48. The molecule has 1 fully saturated rings.